The van der Waals surface area contributed by atoms with Crippen molar-refractivity contribution in [3.63, 3.8) is 0 Å². The van der Waals surface area contributed by atoms with E-state index in [0.29, 0.717) is 22.9 Å². The Morgan fingerprint density at radius 3 is 1.97 bits per heavy atom. The van der Waals surface area contributed by atoms with E-state index in [0.717, 1.165) is 5.69 Å². The van der Waals surface area contributed by atoms with Crippen LogP contribution in [-0.4, -0.2) is 32.7 Å². The maximum atomic E-state index is 12.2. The number of rotatable bonds is 8. The number of nitrogens with one attached hydrogen (secondary N) is 1. The van der Waals surface area contributed by atoms with Gasteiger partial charge in [0.2, 0.25) is 0 Å². The van der Waals surface area contributed by atoms with Gasteiger partial charge >= 0.3 is 5.97 Å². The first kappa shape index (κ1) is 21.5. The van der Waals surface area contributed by atoms with E-state index in [2.05, 4.69) is 15.5 Å². The lowest BCUT2D eigenvalue weighted by Gasteiger charge is -2.09. The van der Waals surface area contributed by atoms with Gasteiger partial charge in [0.15, 0.2) is 6.61 Å². The third-order valence-corrected chi connectivity index (χ3v) is 4.11. The molecular weight excluding hydrogens is 398 g/mol. The van der Waals surface area contributed by atoms with Gasteiger partial charge < -0.3 is 19.5 Å². The van der Waals surface area contributed by atoms with Gasteiger partial charge in [0.05, 0.1) is 31.2 Å². The lowest BCUT2D eigenvalue weighted by Crippen LogP contribution is -2.20. The predicted octanol–water partition coefficient (Wildman–Crippen LogP) is 4.91. The number of hydrogen-bond acceptors (Lipinski definition) is 7. The van der Waals surface area contributed by atoms with Crippen molar-refractivity contribution in [3.8, 4) is 11.5 Å². The van der Waals surface area contributed by atoms with E-state index in [1.165, 1.54) is 26.4 Å². The van der Waals surface area contributed by atoms with E-state index in [-0.39, 0.29) is 5.56 Å². The molecule has 8 nitrogen and oxygen atoms in total. The minimum absolute atomic E-state index is 0.220. The highest BCUT2D eigenvalue weighted by Crippen LogP contribution is 2.23. The van der Waals surface area contributed by atoms with E-state index in [4.69, 9.17) is 14.2 Å². The highest BCUT2D eigenvalue weighted by molar-refractivity contribution is 5.96. The van der Waals surface area contributed by atoms with Gasteiger partial charge in [-0.2, -0.15) is 10.2 Å². The number of amides is 1. The largest absolute Gasteiger partial charge is 0.497 e. The zero-order valence-corrected chi connectivity index (χ0v) is 17.1. The molecule has 0 fully saturated rings. The van der Waals surface area contributed by atoms with Crippen LogP contribution in [0.2, 0.25) is 0 Å². The predicted molar refractivity (Wildman–Crippen MR) is 116 cm³/mol. The van der Waals surface area contributed by atoms with Crippen LogP contribution in [0.5, 0.6) is 11.5 Å². The lowest BCUT2D eigenvalue weighted by molar-refractivity contribution is -0.119. The Balaban J connectivity index is 1.52. The summed E-state index contributed by atoms with van der Waals surface area (Å²) in [5, 5.41) is 10.9. The fraction of sp³-hybridized carbons (Fsp3) is 0.130. The van der Waals surface area contributed by atoms with Gasteiger partial charge in [0.1, 0.15) is 11.5 Å². The van der Waals surface area contributed by atoms with E-state index in [9.17, 15) is 9.59 Å². The summed E-state index contributed by atoms with van der Waals surface area (Å²) in [6, 6.07) is 20.8. The normalized spacial score (nSPS) is 10.5. The number of hydrogen-bond donors (Lipinski definition) is 1. The summed E-state index contributed by atoms with van der Waals surface area (Å²) in [7, 11) is 2.96. The Hall–Kier alpha value is -4.20. The number of nitrogens with zero attached hydrogens (tertiary/aromatic N) is 2. The Bertz CT molecular complexity index is 1040. The fourth-order valence-electron chi connectivity index (χ4n) is 2.56. The van der Waals surface area contributed by atoms with Gasteiger partial charge in [-0.05, 0) is 48.5 Å². The molecule has 0 radical (unpaired) electrons. The Labute approximate surface area is 179 Å². The Morgan fingerprint density at radius 2 is 1.39 bits per heavy atom. The summed E-state index contributed by atoms with van der Waals surface area (Å²) >= 11 is 0. The number of carbonyl (C=O) groups excluding carboxylic acids is 2. The van der Waals surface area contributed by atoms with Crippen molar-refractivity contribution >= 4 is 28.9 Å². The first-order valence-electron chi connectivity index (χ1n) is 9.34. The van der Waals surface area contributed by atoms with E-state index >= 15 is 0 Å². The third-order valence-electron chi connectivity index (χ3n) is 4.11. The van der Waals surface area contributed by atoms with Gasteiger partial charge in [-0.15, -0.1) is 0 Å². The van der Waals surface area contributed by atoms with Crippen LogP contribution >= 0.6 is 0 Å². The van der Waals surface area contributed by atoms with Crippen molar-refractivity contribution in [2.24, 2.45) is 10.2 Å². The first-order chi connectivity index (χ1) is 15.1. The quantitative estimate of drug-likeness (QED) is 0.413. The molecule has 0 saturated heterocycles. The summed E-state index contributed by atoms with van der Waals surface area (Å²) < 4.78 is 15.3. The molecule has 0 unspecified atom stereocenters. The van der Waals surface area contributed by atoms with Crippen molar-refractivity contribution in [1.82, 2.24) is 0 Å². The van der Waals surface area contributed by atoms with Crippen LogP contribution in [0.3, 0.4) is 0 Å². The number of carbonyl (C=O) groups is 2. The molecular formula is C23H21N3O5. The fourth-order valence-corrected chi connectivity index (χ4v) is 2.56. The molecule has 0 aliphatic rings. The Kier molecular flexibility index (Phi) is 7.31. The van der Waals surface area contributed by atoms with Crippen LogP contribution in [-0.2, 0) is 9.53 Å². The van der Waals surface area contributed by atoms with Gasteiger partial charge in [0.25, 0.3) is 5.91 Å². The molecule has 0 spiro atoms. The SMILES string of the molecule is COc1cc(OC)cc(C(=O)OCC(=O)Nc2ccc(N=Nc3ccccc3)cc2)c1. The molecule has 0 aliphatic carbocycles. The number of ether oxygens (including phenoxy) is 3. The van der Waals surface area contributed by atoms with Crippen LogP contribution in [0, 0.1) is 0 Å². The second-order valence-corrected chi connectivity index (χ2v) is 6.31. The zero-order valence-electron chi connectivity index (χ0n) is 17.1. The second kappa shape index (κ2) is 10.5. The standard InChI is InChI=1S/C23H21N3O5/c1-29-20-12-16(13-21(14-20)30-2)23(28)31-15-22(27)24-17-8-10-19(11-9-17)26-25-18-6-4-3-5-7-18/h3-14H,15H2,1-2H3,(H,24,27). The average molecular weight is 419 g/mol. The molecule has 0 atom stereocenters. The van der Waals surface area contributed by atoms with E-state index < -0.39 is 18.5 Å². The maximum absolute atomic E-state index is 12.2. The Morgan fingerprint density at radius 1 is 0.806 bits per heavy atom. The van der Waals surface area contributed by atoms with Crippen molar-refractivity contribution in [2.75, 3.05) is 26.1 Å². The maximum Gasteiger partial charge on any atom is 0.338 e. The molecule has 0 aliphatic heterocycles. The minimum Gasteiger partial charge on any atom is -0.497 e. The number of esters is 1. The number of benzene rings is 3. The molecule has 3 rings (SSSR count). The van der Waals surface area contributed by atoms with Crippen molar-refractivity contribution in [1.29, 1.82) is 0 Å². The van der Waals surface area contributed by atoms with Gasteiger partial charge in [-0.25, -0.2) is 4.79 Å². The molecule has 8 heteroatoms. The summed E-state index contributed by atoms with van der Waals surface area (Å²) in [5.41, 5.74) is 2.15. The zero-order chi connectivity index (χ0) is 22.1. The highest BCUT2D eigenvalue weighted by Gasteiger charge is 2.13. The topological polar surface area (TPSA) is 98.6 Å². The third kappa shape index (κ3) is 6.40. The molecule has 1 N–H and O–H groups in total. The summed E-state index contributed by atoms with van der Waals surface area (Å²) in [5.74, 6) is -0.244. The molecule has 158 valence electrons. The van der Waals surface area contributed by atoms with Gasteiger partial charge in [-0.3, -0.25) is 4.79 Å². The van der Waals surface area contributed by atoms with Gasteiger partial charge in [-0.1, -0.05) is 18.2 Å². The van der Waals surface area contributed by atoms with Crippen LogP contribution in [0.15, 0.2) is 83.0 Å². The number of anilines is 1. The number of methoxy groups -OCH3 is 2. The van der Waals surface area contributed by atoms with Gasteiger partial charge in [0, 0.05) is 11.8 Å². The minimum atomic E-state index is -0.663. The molecule has 31 heavy (non-hydrogen) atoms. The van der Waals surface area contributed by atoms with Crippen molar-refractivity contribution in [3.05, 3.63) is 78.4 Å². The van der Waals surface area contributed by atoms with E-state index in [1.54, 1.807) is 30.3 Å². The summed E-state index contributed by atoms with van der Waals surface area (Å²) in [6.07, 6.45) is 0. The smallest absolute Gasteiger partial charge is 0.338 e. The molecule has 1 amide bonds. The van der Waals surface area contributed by atoms with Crippen molar-refractivity contribution < 1.29 is 23.8 Å². The van der Waals surface area contributed by atoms with Crippen molar-refractivity contribution in [2.45, 2.75) is 0 Å². The van der Waals surface area contributed by atoms with Crippen LogP contribution < -0.4 is 14.8 Å². The van der Waals surface area contributed by atoms with Crippen LogP contribution in [0.4, 0.5) is 17.1 Å². The summed E-state index contributed by atoms with van der Waals surface area (Å²) in [4.78, 5) is 24.3. The van der Waals surface area contributed by atoms with E-state index in [1.807, 2.05) is 30.3 Å². The lowest BCUT2D eigenvalue weighted by atomic mass is 10.2. The molecule has 0 bridgehead atoms. The highest BCUT2D eigenvalue weighted by atomic mass is 16.5. The second-order valence-electron chi connectivity index (χ2n) is 6.31. The van der Waals surface area contributed by atoms with Crippen LogP contribution in [0.25, 0.3) is 0 Å². The summed E-state index contributed by atoms with van der Waals surface area (Å²) in [6.45, 7) is -0.437. The molecule has 0 aromatic heterocycles. The number of azo groups is 1. The molecule has 3 aromatic carbocycles. The van der Waals surface area contributed by atoms with Crippen LogP contribution in [0.1, 0.15) is 10.4 Å². The first-order valence-corrected chi connectivity index (χ1v) is 9.34. The monoisotopic (exact) mass is 419 g/mol. The molecule has 0 saturated carbocycles. The molecule has 0 heterocycles. The average Bonchev–Trinajstić information content (AvgIpc) is 2.82. The molecule has 3 aromatic rings.